The van der Waals surface area contributed by atoms with E-state index in [9.17, 15) is 0 Å². The average Bonchev–Trinajstić information content (AvgIpc) is 2.44. The fourth-order valence-corrected chi connectivity index (χ4v) is 1.34. The van der Waals surface area contributed by atoms with Crippen LogP contribution >= 0.6 is 0 Å². The molecule has 2 rings (SSSR count). The molecule has 1 N–H and O–H groups in total. The standard InChI is InChI=1S/C10H11N3/c1-3-4-8-5-9-10(11-6-8)13-7(2)12-9/h3,5-6H,1,4H2,2H3,(H,11,12,13). The van der Waals surface area contributed by atoms with Gasteiger partial charge in [-0.05, 0) is 25.0 Å². The number of imidazole rings is 1. The Labute approximate surface area is 76.5 Å². The van der Waals surface area contributed by atoms with Gasteiger partial charge in [-0.2, -0.15) is 0 Å². The van der Waals surface area contributed by atoms with Gasteiger partial charge in [0.15, 0.2) is 5.65 Å². The van der Waals surface area contributed by atoms with Gasteiger partial charge in [-0.25, -0.2) is 9.97 Å². The summed E-state index contributed by atoms with van der Waals surface area (Å²) < 4.78 is 0. The van der Waals surface area contributed by atoms with Gasteiger partial charge in [-0.15, -0.1) is 6.58 Å². The van der Waals surface area contributed by atoms with Crippen molar-refractivity contribution in [3.8, 4) is 0 Å². The molecule has 13 heavy (non-hydrogen) atoms. The maximum Gasteiger partial charge on any atom is 0.177 e. The zero-order valence-electron chi connectivity index (χ0n) is 7.54. The van der Waals surface area contributed by atoms with Gasteiger partial charge in [-0.1, -0.05) is 6.08 Å². The fraction of sp³-hybridized carbons (Fsp3) is 0.200. The highest BCUT2D eigenvalue weighted by atomic mass is 15.0. The van der Waals surface area contributed by atoms with Crippen LogP contribution in [0.15, 0.2) is 24.9 Å². The fourth-order valence-electron chi connectivity index (χ4n) is 1.34. The number of aromatic nitrogens is 3. The van der Waals surface area contributed by atoms with E-state index in [1.54, 1.807) is 0 Å². The van der Waals surface area contributed by atoms with Crippen molar-refractivity contribution in [3.63, 3.8) is 0 Å². The third-order valence-electron chi connectivity index (χ3n) is 1.89. The first-order chi connectivity index (χ1) is 6.29. The average molecular weight is 173 g/mol. The molecule has 0 unspecified atom stereocenters. The molecule has 0 aliphatic heterocycles. The van der Waals surface area contributed by atoms with Gasteiger partial charge >= 0.3 is 0 Å². The summed E-state index contributed by atoms with van der Waals surface area (Å²) in [5, 5.41) is 0. The van der Waals surface area contributed by atoms with Gasteiger partial charge in [0.25, 0.3) is 0 Å². The Morgan fingerprint density at radius 3 is 3.23 bits per heavy atom. The monoisotopic (exact) mass is 173 g/mol. The zero-order chi connectivity index (χ0) is 9.26. The molecule has 66 valence electrons. The van der Waals surface area contributed by atoms with Crippen molar-refractivity contribution >= 4 is 11.2 Å². The van der Waals surface area contributed by atoms with Crippen LogP contribution < -0.4 is 0 Å². The highest BCUT2D eigenvalue weighted by Gasteiger charge is 2.00. The van der Waals surface area contributed by atoms with Crippen LogP contribution in [0.1, 0.15) is 11.4 Å². The Morgan fingerprint density at radius 1 is 1.62 bits per heavy atom. The summed E-state index contributed by atoms with van der Waals surface area (Å²) >= 11 is 0. The Kier molecular flexibility index (Phi) is 1.85. The second-order valence-electron chi connectivity index (χ2n) is 3.03. The van der Waals surface area contributed by atoms with E-state index >= 15 is 0 Å². The molecule has 2 aromatic rings. The number of rotatable bonds is 2. The van der Waals surface area contributed by atoms with Crippen LogP contribution in [0.5, 0.6) is 0 Å². The largest absolute Gasteiger partial charge is 0.341 e. The van der Waals surface area contributed by atoms with Crippen LogP contribution in [0.2, 0.25) is 0 Å². The lowest BCUT2D eigenvalue weighted by atomic mass is 10.2. The summed E-state index contributed by atoms with van der Waals surface area (Å²) in [5.41, 5.74) is 2.94. The number of fused-ring (bicyclic) bond motifs is 1. The second kappa shape index (κ2) is 3.01. The van der Waals surface area contributed by atoms with Crippen molar-refractivity contribution in [2.45, 2.75) is 13.3 Å². The molecule has 0 spiro atoms. The molecule has 0 saturated carbocycles. The summed E-state index contributed by atoms with van der Waals surface area (Å²) in [6.07, 6.45) is 4.55. The van der Waals surface area contributed by atoms with Gasteiger partial charge in [0.2, 0.25) is 0 Å². The molecule has 0 bridgehead atoms. The third kappa shape index (κ3) is 1.45. The van der Waals surface area contributed by atoms with Gasteiger partial charge in [0, 0.05) is 6.20 Å². The van der Waals surface area contributed by atoms with Gasteiger partial charge in [0.1, 0.15) is 5.82 Å². The zero-order valence-corrected chi connectivity index (χ0v) is 7.54. The first-order valence-corrected chi connectivity index (χ1v) is 4.22. The Hall–Kier alpha value is -1.64. The molecule has 0 radical (unpaired) electrons. The van der Waals surface area contributed by atoms with Crippen molar-refractivity contribution in [2.24, 2.45) is 0 Å². The molecular formula is C10H11N3. The van der Waals surface area contributed by atoms with E-state index in [0.717, 1.165) is 29.0 Å². The Bertz CT molecular complexity index is 442. The van der Waals surface area contributed by atoms with Gasteiger partial charge < -0.3 is 4.98 Å². The summed E-state index contributed by atoms with van der Waals surface area (Å²) in [4.78, 5) is 11.6. The maximum absolute atomic E-state index is 4.23. The van der Waals surface area contributed by atoms with Crippen LogP contribution in [0.3, 0.4) is 0 Å². The number of allylic oxidation sites excluding steroid dienone is 1. The van der Waals surface area contributed by atoms with Gasteiger partial charge in [0.05, 0.1) is 5.52 Å². The lowest BCUT2D eigenvalue weighted by Crippen LogP contribution is -1.83. The normalized spacial score (nSPS) is 10.5. The Balaban J connectivity index is 2.54. The topological polar surface area (TPSA) is 41.6 Å². The summed E-state index contributed by atoms with van der Waals surface area (Å²) in [5.74, 6) is 0.901. The smallest absolute Gasteiger partial charge is 0.177 e. The minimum atomic E-state index is 0.783. The molecule has 0 aliphatic rings. The quantitative estimate of drug-likeness (QED) is 0.705. The van der Waals surface area contributed by atoms with E-state index in [4.69, 9.17) is 0 Å². The minimum absolute atomic E-state index is 0.783. The summed E-state index contributed by atoms with van der Waals surface area (Å²) in [7, 11) is 0. The van der Waals surface area contributed by atoms with Crippen molar-refractivity contribution in [3.05, 3.63) is 36.3 Å². The first kappa shape index (κ1) is 7.98. The van der Waals surface area contributed by atoms with Crippen molar-refractivity contribution < 1.29 is 0 Å². The van der Waals surface area contributed by atoms with E-state index in [1.165, 1.54) is 0 Å². The lowest BCUT2D eigenvalue weighted by Gasteiger charge is -1.93. The van der Waals surface area contributed by atoms with E-state index in [1.807, 2.05) is 19.2 Å². The number of aromatic amines is 1. The molecule has 2 heterocycles. The van der Waals surface area contributed by atoms with Crippen molar-refractivity contribution in [1.29, 1.82) is 0 Å². The molecule has 2 aromatic heterocycles. The van der Waals surface area contributed by atoms with E-state index in [0.29, 0.717) is 0 Å². The second-order valence-corrected chi connectivity index (χ2v) is 3.03. The molecule has 0 fully saturated rings. The summed E-state index contributed by atoms with van der Waals surface area (Å²) in [6.45, 7) is 5.61. The number of pyridine rings is 1. The van der Waals surface area contributed by atoms with Gasteiger partial charge in [-0.3, -0.25) is 0 Å². The molecule has 3 nitrogen and oxygen atoms in total. The Morgan fingerprint density at radius 2 is 2.46 bits per heavy atom. The highest BCUT2D eigenvalue weighted by Crippen LogP contribution is 2.10. The maximum atomic E-state index is 4.23. The SMILES string of the molecule is C=CCc1cnc2nc(C)[nH]c2c1. The molecule has 0 atom stereocenters. The molecular weight excluding hydrogens is 162 g/mol. The molecule has 0 aliphatic carbocycles. The van der Waals surface area contributed by atoms with Crippen LogP contribution in [0, 0.1) is 6.92 Å². The number of hydrogen-bond acceptors (Lipinski definition) is 2. The minimum Gasteiger partial charge on any atom is -0.341 e. The highest BCUT2D eigenvalue weighted by molar-refractivity contribution is 5.70. The molecule has 0 amide bonds. The third-order valence-corrected chi connectivity index (χ3v) is 1.89. The molecule has 0 saturated heterocycles. The number of H-pyrrole nitrogens is 1. The predicted octanol–water partition coefficient (Wildman–Crippen LogP) is 1.99. The predicted molar refractivity (Wildman–Crippen MR) is 52.5 cm³/mol. The number of aryl methyl sites for hydroxylation is 1. The molecule has 0 aromatic carbocycles. The van der Waals surface area contributed by atoms with Crippen LogP contribution in [0.4, 0.5) is 0 Å². The van der Waals surface area contributed by atoms with E-state index < -0.39 is 0 Å². The number of nitrogens with one attached hydrogen (secondary N) is 1. The van der Waals surface area contributed by atoms with Crippen molar-refractivity contribution in [1.82, 2.24) is 15.0 Å². The van der Waals surface area contributed by atoms with Crippen LogP contribution in [0.25, 0.3) is 11.2 Å². The van der Waals surface area contributed by atoms with Crippen LogP contribution in [-0.4, -0.2) is 15.0 Å². The number of nitrogens with zero attached hydrogens (tertiary/aromatic N) is 2. The van der Waals surface area contributed by atoms with E-state index in [2.05, 4.69) is 27.6 Å². The lowest BCUT2D eigenvalue weighted by molar-refractivity contribution is 1.16. The summed E-state index contributed by atoms with van der Waals surface area (Å²) in [6, 6.07) is 2.06. The van der Waals surface area contributed by atoms with Crippen LogP contribution in [-0.2, 0) is 6.42 Å². The molecule has 3 heteroatoms. The van der Waals surface area contributed by atoms with E-state index in [-0.39, 0.29) is 0 Å². The first-order valence-electron chi connectivity index (χ1n) is 4.22. The number of hydrogen-bond donors (Lipinski definition) is 1. The van der Waals surface area contributed by atoms with Crippen molar-refractivity contribution in [2.75, 3.05) is 0 Å².